The molecule has 2 aromatic rings. The van der Waals surface area contributed by atoms with Crippen LogP contribution >= 0.6 is 22.9 Å². The van der Waals surface area contributed by atoms with Gasteiger partial charge in [0.15, 0.2) is 0 Å². The average Bonchev–Trinajstić information content (AvgIpc) is 2.95. The van der Waals surface area contributed by atoms with Crippen LogP contribution in [0.5, 0.6) is 0 Å². The number of nitrogens with two attached hydrogens (primary N) is 1. The summed E-state index contributed by atoms with van der Waals surface area (Å²) in [4.78, 5) is 24.2. The van der Waals surface area contributed by atoms with Gasteiger partial charge >= 0.3 is 0 Å². The van der Waals surface area contributed by atoms with Crippen molar-refractivity contribution in [3.05, 3.63) is 45.6 Å². The van der Waals surface area contributed by atoms with Crippen LogP contribution < -0.4 is 16.4 Å². The first-order valence-corrected chi connectivity index (χ1v) is 7.46. The number of carbonyl (C=O) groups is 2. The van der Waals surface area contributed by atoms with Crippen molar-refractivity contribution >= 4 is 46.1 Å². The molecule has 0 aliphatic rings. The Hall–Kier alpha value is -1.89. The minimum atomic E-state index is -0.312. The molecule has 2 rings (SSSR count). The van der Waals surface area contributed by atoms with E-state index in [9.17, 15) is 9.59 Å². The van der Waals surface area contributed by atoms with Crippen molar-refractivity contribution in [3.63, 3.8) is 0 Å². The molecule has 2 amide bonds. The smallest absolute Gasteiger partial charge is 0.238 e. The molecule has 0 radical (unpaired) electrons. The lowest BCUT2D eigenvalue weighted by atomic mass is 10.2. The van der Waals surface area contributed by atoms with Gasteiger partial charge in [-0.3, -0.25) is 9.59 Å². The predicted molar refractivity (Wildman–Crippen MR) is 85.8 cm³/mol. The van der Waals surface area contributed by atoms with E-state index in [4.69, 9.17) is 17.3 Å². The maximum absolute atomic E-state index is 12.0. The lowest BCUT2D eigenvalue weighted by molar-refractivity contribution is -0.116. The molecule has 110 valence electrons. The van der Waals surface area contributed by atoms with Crippen molar-refractivity contribution in [2.24, 2.45) is 5.73 Å². The highest BCUT2D eigenvalue weighted by molar-refractivity contribution is 7.10. The lowest BCUT2D eigenvalue weighted by Gasteiger charge is -2.10. The molecule has 0 bridgehead atoms. The first kappa shape index (κ1) is 15.5. The van der Waals surface area contributed by atoms with Crippen molar-refractivity contribution in [2.45, 2.75) is 6.42 Å². The molecule has 21 heavy (non-hydrogen) atoms. The van der Waals surface area contributed by atoms with E-state index in [0.717, 1.165) is 4.88 Å². The summed E-state index contributed by atoms with van der Waals surface area (Å²) in [7, 11) is 0. The van der Waals surface area contributed by atoms with E-state index >= 15 is 0 Å². The summed E-state index contributed by atoms with van der Waals surface area (Å²) < 4.78 is 0. The number of carbonyl (C=O) groups excluding carboxylic acids is 2. The number of halogens is 1. The number of nitrogens with one attached hydrogen (secondary N) is 2. The zero-order valence-electron chi connectivity index (χ0n) is 11.1. The average molecular weight is 324 g/mol. The van der Waals surface area contributed by atoms with Gasteiger partial charge in [-0.2, -0.15) is 0 Å². The van der Waals surface area contributed by atoms with Gasteiger partial charge in [0.05, 0.1) is 23.7 Å². The van der Waals surface area contributed by atoms with Crippen LogP contribution in [0.1, 0.15) is 4.88 Å². The van der Waals surface area contributed by atoms with E-state index in [1.165, 1.54) is 11.3 Å². The third-order valence-corrected chi connectivity index (χ3v) is 3.83. The van der Waals surface area contributed by atoms with Gasteiger partial charge in [0.1, 0.15) is 0 Å². The number of thiophene rings is 1. The SMILES string of the molecule is NCC(=O)Nc1ccc(Cl)c(NC(=O)Cc2cccs2)c1. The van der Waals surface area contributed by atoms with Gasteiger partial charge in [-0.15, -0.1) is 11.3 Å². The maximum atomic E-state index is 12.0. The number of amides is 2. The van der Waals surface area contributed by atoms with Crippen LogP contribution in [0.4, 0.5) is 11.4 Å². The highest BCUT2D eigenvalue weighted by Crippen LogP contribution is 2.26. The molecule has 0 saturated carbocycles. The van der Waals surface area contributed by atoms with E-state index in [0.29, 0.717) is 16.4 Å². The fraction of sp³-hybridized carbons (Fsp3) is 0.143. The molecule has 7 heteroatoms. The second-order valence-electron chi connectivity index (χ2n) is 4.25. The minimum absolute atomic E-state index is 0.108. The Labute approximate surface area is 131 Å². The van der Waals surface area contributed by atoms with Crippen molar-refractivity contribution in [1.82, 2.24) is 0 Å². The Balaban J connectivity index is 2.06. The maximum Gasteiger partial charge on any atom is 0.238 e. The van der Waals surface area contributed by atoms with Crippen LogP contribution in [0, 0.1) is 0 Å². The third-order valence-electron chi connectivity index (χ3n) is 2.62. The first-order chi connectivity index (χ1) is 10.1. The van der Waals surface area contributed by atoms with E-state index in [1.54, 1.807) is 18.2 Å². The highest BCUT2D eigenvalue weighted by Gasteiger charge is 2.09. The molecule has 1 aromatic carbocycles. The zero-order valence-corrected chi connectivity index (χ0v) is 12.6. The molecule has 0 fully saturated rings. The summed E-state index contributed by atoms with van der Waals surface area (Å²) in [5, 5.41) is 7.66. The number of hydrogen-bond donors (Lipinski definition) is 3. The third kappa shape index (κ3) is 4.56. The van der Waals surface area contributed by atoms with Gasteiger partial charge in [0, 0.05) is 10.6 Å². The molecule has 0 unspecified atom stereocenters. The fourth-order valence-electron chi connectivity index (χ4n) is 1.68. The molecule has 5 nitrogen and oxygen atoms in total. The fourth-order valence-corrected chi connectivity index (χ4v) is 2.54. The number of rotatable bonds is 5. The van der Waals surface area contributed by atoms with Gasteiger partial charge in [0.25, 0.3) is 0 Å². The normalized spacial score (nSPS) is 10.2. The van der Waals surface area contributed by atoms with Crippen molar-refractivity contribution < 1.29 is 9.59 Å². The molecule has 0 aliphatic carbocycles. The standard InChI is InChI=1S/C14H14ClN3O2S/c15-11-4-3-9(17-14(20)8-16)6-12(11)18-13(19)7-10-2-1-5-21-10/h1-6H,7-8,16H2,(H,17,20)(H,18,19). The topological polar surface area (TPSA) is 84.2 Å². The lowest BCUT2D eigenvalue weighted by Crippen LogP contribution is -2.22. The second-order valence-corrected chi connectivity index (χ2v) is 5.69. The summed E-state index contributed by atoms with van der Waals surface area (Å²) in [6, 6.07) is 8.63. The Morgan fingerprint density at radius 2 is 2.00 bits per heavy atom. The quantitative estimate of drug-likeness (QED) is 0.790. The van der Waals surface area contributed by atoms with E-state index in [2.05, 4.69) is 10.6 Å². The molecule has 1 heterocycles. The van der Waals surface area contributed by atoms with Crippen molar-refractivity contribution in [1.29, 1.82) is 0 Å². The van der Waals surface area contributed by atoms with Gasteiger partial charge in [-0.1, -0.05) is 17.7 Å². The van der Waals surface area contributed by atoms with Crippen LogP contribution in [0.3, 0.4) is 0 Å². The summed E-state index contributed by atoms with van der Waals surface area (Å²) in [5.41, 5.74) is 6.22. The van der Waals surface area contributed by atoms with Gasteiger partial charge in [-0.25, -0.2) is 0 Å². The van der Waals surface area contributed by atoms with Crippen LogP contribution in [0.25, 0.3) is 0 Å². The Bertz CT molecular complexity index is 644. The Morgan fingerprint density at radius 3 is 2.67 bits per heavy atom. The molecule has 0 atom stereocenters. The number of anilines is 2. The van der Waals surface area contributed by atoms with Crippen LogP contribution in [0.15, 0.2) is 35.7 Å². The molecule has 4 N–H and O–H groups in total. The predicted octanol–water partition coefficient (Wildman–Crippen LogP) is 2.48. The molecule has 0 saturated heterocycles. The monoisotopic (exact) mass is 323 g/mol. The summed E-state index contributed by atoms with van der Waals surface area (Å²) in [6.07, 6.45) is 0.285. The van der Waals surface area contributed by atoms with Crippen LogP contribution in [-0.4, -0.2) is 18.4 Å². The van der Waals surface area contributed by atoms with Crippen molar-refractivity contribution in [3.8, 4) is 0 Å². The summed E-state index contributed by atoms with van der Waals surface area (Å²) in [5.74, 6) is -0.477. The van der Waals surface area contributed by atoms with Gasteiger partial charge in [0.2, 0.25) is 11.8 Å². The number of hydrogen-bond acceptors (Lipinski definition) is 4. The second kappa shape index (κ2) is 7.21. The molecular weight excluding hydrogens is 310 g/mol. The van der Waals surface area contributed by atoms with E-state index < -0.39 is 0 Å². The molecular formula is C14H14ClN3O2S. The summed E-state index contributed by atoms with van der Waals surface area (Å²) in [6.45, 7) is -0.108. The largest absolute Gasteiger partial charge is 0.325 e. The molecule has 0 aliphatic heterocycles. The highest BCUT2D eigenvalue weighted by atomic mass is 35.5. The van der Waals surface area contributed by atoms with Gasteiger partial charge in [-0.05, 0) is 29.6 Å². The first-order valence-electron chi connectivity index (χ1n) is 6.20. The zero-order chi connectivity index (χ0) is 15.2. The Kier molecular flexibility index (Phi) is 5.32. The molecule has 1 aromatic heterocycles. The van der Waals surface area contributed by atoms with Gasteiger partial charge < -0.3 is 16.4 Å². The minimum Gasteiger partial charge on any atom is -0.325 e. The number of benzene rings is 1. The van der Waals surface area contributed by atoms with Crippen molar-refractivity contribution in [2.75, 3.05) is 17.2 Å². The Morgan fingerprint density at radius 1 is 1.19 bits per heavy atom. The van der Waals surface area contributed by atoms with E-state index in [-0.39, 0.29) is 24.8 Å². The molecule has 0 spiro atoms. The summed E-state index contributed by atoms with van der Waals surface area (Å²) >= 11 is 7.56. The van der Waals surface area contributed by atoms with Crippen LogP contribution in [0.2, 0.25) is 5.02 Å². The van der Waals surface area contributed by atoms with Crippen LogP contribution in [-0.2, 0) is 16.0 Å². The van der Waals surface area contributed by atoms with E-state index in [1.807, 2.05) is 17.5 Å².